The van der Waals surface area contributed by atoms with Crippen LogP contribution in [0.4, 0.5) is 4.79 Å². The number of nitrogens with zero attached hydrogens (tertiary/aromatic N) is 2. The van der Waals surface area contributed by atoms with Gasteiger partial charge >= 0.3 is 6.03 Å². The predicted octanol–water partition coefficient (Wildman–Crippen LogP) is 1.18. The Morgan fingerprint density at radius 2 is 1.62 bits per heavy atom. The topological polar surface area (TPSA) is 93.8 Å². The summed E-state index contributed by atoms with van der Waals surface area (Å²) in [5.41, 5.74) is 1.17. The van der Waals surface area contributed by atoms with Crippen LogP contribution in [0, 0.1) is 0 Å². The van der Waals surface area contributed by atoms with Crippen molar-refractivity contribution in [1.82, 2.24) is 25.8 Å². The van der Waals surface area contributed by atoms with Gasteiger partial charge in [0.15, 0.2) is 0 Å². The van der Waals surface area contributed by atoms with Crippen LogP contribution in [-0.2, 0) is 11.3 Å². The number of piperazine rings is 1. The smallest absolute Gasteiger partial charge is 0.315 e. The second-order valence-corrected chi connectivity index (χ2v) is 8.58. The molecule has 1 aliphatic heterocycles. The van der Waals surface area contributed by atoms with E-state index in [0.717, 1.165) is 31.7 Å². The van der Waals surface area contributed by atoms with E-state index < -0.39 is 12.1 Å². The standard InChI is InChI=1S/C21H33N5O3/c1-15(18(27)24-21(2,3)4)23-20(29)22-14-16-6-8-17(9-7-16)19(28)26-12-10-25(5)11-13-26/h6-9,15H,10-14H2,1-5H3,(H,24,27)(H2,22,23,29)/t15-/m1/s1. The van der Waals surface area contributed by atoms with E-state index in [0.29, 0.717) is 12.1 Å². The van der Waals surface area contributed by atoms with Crippen LogP contribution in [0.25, 0.3) is 0 Å². The van der Waals surface area contributed by atoms with Crippen LogP contribution in [0.2, 0.25) is 0 Å². The molecule has 1 atom stereocenters. The highest BCUT2D eigenvalue weighted by molar-refractivity contribution is 5.94. The molecule has 1 saturated heterocycles. The average molecular weight is 404 g/mol. The fourth-order valence-electron chi connectivity index (χ4n) is 2.93. The minimum absolute atomic E-state index is 0.0361. The van der Waals surface area contributed by atoms with E-state index >= 15 is 0 Å². The molecule has 0 spiro atoms. The first-order valence-electron chi connectivity index (χ1n) is 9.98. The quantitative estimate of drug-likeness (QED) is 0.688. The van der Waals surface area contributed by atoms with E-state index in [2.05, 4.69) is 27.9 Å². The van der Waals surface area contributed by atoms with Crippen molar-refractivity contribution in [3.63, 3.8) is 0 Å². The number of nitrogens with one attached hydrogen (secondary N) is 3. The maximum absolute atomic E-state index is 12.6. The summed E-state index contributed by atoms with van der Waals surface area (Å²) in [5, 5.41) is 8.18. The normalized spacial score (nSPS) is 16.1. The molecule has 1 fully saturated rings. The van der Waals surface area contributed by atoms with Gasteiger partial charge in [0.05, 0.1) is 0 Å². The summed E-state index contributed by atoms with van der Waals surface area (Å²) in [7, 11) is 2.05. The number of rotatable bonds is 5. The molecule has 4 amide bonds. The molecular formula is C21H33N5O3. The minimum atomic E-state index is -0.641. The molecule has 1 aromatic rings. The number of urea groups is 1. The molecule has 0 bridgehead atoms. The van der Waals surface area contributed by atoms with Gasteiger partial charge in [-0.25, -0.2) is 4.79 Å². The molecule has 0 aliphatic carbocycles. The molecule has 29 heavy (non-hydrogen) atoms. The average Bonchev–Trinajstić information content (AvgIpc) is 2.65. The summed E-state index contributed by atoms with van der Waals surface area (Å²) in [6.45, 7) is 10.8. The van der Waals surface area contributed by atoms with E-state index in [1.807, 2.05) is 37.8 Å². The summed E-state index contributed by atoms with van der Waals surface area (Å²) in [4.78, 5) is 40.7. The highest BCUT2D eigenvalue weighted by atomic mass is 16.2. The van der Waals surface area contributed by atoms with Crippen LogP contribution in [0.5, 0.6) is 0 Å². The molecule has 1 heterocycles. The van der Waals surface area contributed by atoms with Crippen LogP contribution in [0.1, 0.15) is 43.6 Å². The third-order valence-electron chi connectivity index (χ3n) is 4.68. The highest BCUT2D eigenvalue weighted by Gasteiger charge is 2.21. The Morgan fingerprint density at radius 3 is 2.17 bits per heavy atom. The van der Waals surface area contributed by atoms with E-state index in [-0.39, 0.29) is 17.4 Å². The number of hydrogen-bond acceptors (Lipinski definition) is 4. The van der Waals surface area contributed by atoms with Gasteiger partial charge in [-0.1, -0.05) is 12.1 Å². The van der Waals surface area contributed by atoms with Crippen LogP contribution < -0.4 is 16.0 Å². The van der Waals surface area contributed by atoms with Gasteiger partial charge in [0, 0.05) is 43.8 Å². The lowest BCUT2D eigenvalue weighted by atomic mass is 10.1. The molecule has 1 aliphatic rings. The van der Waals surface area contributed by atoms with Crippen LogP contribution in [0.15, 0.2) is 24.3 Å². The number of hydrogen-bond donors (Lipinski definition) is 3. The molecule has 0 radical (unpaired) electrons. The molecule has 8 nitrogen and oxygen atoms in total. The Balaban J connectivity index is 1.80. The lowest BCUT2D eigenvalue weighted by molar-refractivity contribution is -0.123. The van der Waals surface area contributed by atoms with Crippen molar-refractivity contribution in [3.8, 4) is 0 Å². The van der Waals surface area contributed by atoms with Gasteiger partial charge in [-0.3, -0.25) is 9.59 Å². The summed E-state index contributed by atoms with van der Waals surface area (Å²) < 4.78 is 0. The molecule has 3 N–H and O–H groups in total. The lowest BCUT2D eigenvalue weighted by Gasteiger charge is -2.32. The molecule has 0 aromatic heterocycles. The van der Waals surface area contributed by atoms with Crippen LogP contribution in [-0.4, -0.2) is 72.5 Å². The second kappa shape index (κ2) is 9.73. The first-order chi connectivity index (χ1) is 13.5. The van der Waals surface area contributed by atoms with E-state index in [1.165, 1.54) is 0 Å². The fourth-order valence-corrected chi connectivity index (χ4v) is 2.93. The second-order valence-electron chi connectivity index (χ2n) is 8.58. The molecular weight excluding hydrogens is 370 g/mol. The maximum atomic E-state index is 12.6. The summed E-state index contributed by atoms with van der Waals surface area (Å²) in [5.74, 6) is -0.201. The zero-order valence-electron chi connectivity index (χ0n) is 18.0. The number of amides is 4. The fraction of sp³-hybridized carbons (Fsp3) is 0.571. The third-order valence-corrected chi connectivity index (χ3v) is 4.68. The van der Waals surface area contributed by atoms with E-state index in [1.54, 1.807) is 19.1 Å². The molecule has 160 valence electrons. The molecule has 0 unspecified atom stereocenters. The lowest BCUT2D eigenvalue weighted by Crippen LogP contribution is -2.52. The van der Waals surface area contributed by atoms with Crippen molar-refractivity contribution in [2.45, 2.75) is 45.8 Å². The van der Waals surface area contributed by atoms with Gasteiger partial charge in [0.25, 0.3) is 5.91 Å². The van der Waals surface area contributed by atoms with Crippen molar-refractivity contribution in [3.05, 3.63) is 35.4 Å². The summed E-state index contributed by atoms with van der Waals surface area (Å²) >= 11 is 0. The monoisotopic (exact) mass is 403 g/mol. The molecule has 1 aromatic carbocycles. The number of benzene rings is 1. The maximum Gasteiger partial charge on any atom is 0.315 e. The SMILES string of the molecule is C[C@@H](NC(=O)NCc1ccc(C(=O)N2CCN(C)CC2)cc1)C(=O)NC(C)(C)C. The summed E-state index contributed by atoms with van der Waals surface area (Å²) in [6.07, 6.45) is 0. The zero-order valence-corrected chi connectivity index (χ0v) is 18.0. The minimum Gasteiger partial charge on any atom is -0.350 e. The number of carbonyl (C=O) groups is 3. The molecule has 8 heteroatoms. The van der Waals surface area contributed by atoms with Gasteiger partial charge in [-0.2, -0.15) is 0 Å². The van der Waals surface area contributed by atoms with Gasteiger partial charge in [0.1, 0.15) is 6.04 Å². The Labute approximate surface area is 173 Å². The predicted molar refractivity (Wildman–Crippen MR) is 113 cm³/mol. The van der Waals surface area contributed by atoms with Crippen molar-refractivity contribution in [2.24, 2.45) is 0 Å². The van der Waals surface area contributed by atoms with Crippen molar-refractivity contribution in [2.75, 3.05) is 33.2 Å². The number of carbonyl (C=O) groups excluding carboxylic acids is 3. The van der Waals surface area contributed by atoms with Crippen LogP contribution in [0.3, 0.4) is 0 Å². The largest absolute Gasteiger partial charge is 0.350 e. The van der Waals surface area contributed by atoms with Crippen LogP contribution >= 0.6 is 0 Å². The first kappa shape index (κ1) is 22.7. The third kappa shape index (κ3) is 7.38. The molecule has 2 rings (SSSR count). The van der Waals surface area contributed by atoms with Crippen molar-refractivity contribution >= 4 is 17.8 Å². The molecule has 0 saturated carbocycles. The Morgan fingerprint density at radius 1 is 1.03 bits per heavy atom. The Hall–Kier alpha value is -2.61. The Bertz CT molecular complexity index is 719. The van der Waals surface area contributed by atoms with Crippen molar-refractivity contribution < 1.29 is 14.4 Å². The first-order valence-corrected chi connectivity index (χ1v) is 9.98. The number of likely N-dealkylation sites (N-methyl/N-ethyl adjacent to an activating group) is 1. The summed E-state index contributed by atoms with van der Waals surface area (Å²) in [6, 6.07) is 6.18. The highest BCUT2D eigenvalue weighted by Crippen LogP contribution is 2.10. The zero-order chi connectivity index (χ0) is 21.6. The van der Waals surface area contributed by atoms with Gasteiger partial charge in [-0.05, 0) is 52.4 Å². The van der Waals surface area contributed by atoms with Gasteiger partial charge < -0.3 is 25.8 Å². The van der Waals surface area contributed by atoms with E-state index in [4.69, 9.17) is 0 Å². The van der Waals surface area contributed by atoms with E-state index in [9.17, 15) is 14.4 Å². The van der Waals surface area contributed by atoms with Gasteiger partial charge in [0.2, 0.25) is 5.91 Å². The Kier molecular flexibility index (Phi) is 7.61. The van der Waals surface area contributed by atoms with Crippen molar-refractivity contribution in [1.29, 1.82) is 0 Å². The van der Waals surface area contributed by atoms with Gasteiger partial charge in [-0.15, -0.1) is 0 Å².